The second kappa shape index (κ2) is 10.8. The summed E-state index contributed by atoms with van der Waals surface area (Å²) in [5.41, 5.74) is 3.24. The van der Waals surface area contributed by atoms with Crippen molar-refractivity contribution in [3.8, 4) is 11.1 Å². The van der Waals surface area contributed by atoms with Gasteiger partial charge < -0.3 is 10.2 Å². The number of nitrogens with one attached hydrogen (secondary N) is 1. The topological polar surface area (TPSA) is 58.1 Å². The first-order chi connectivity index (χ1) is 18.3. The van der Waals surface area contributed by atoms with E-state index in [4.69, 9.17) is 11.6 Å². The average molecular weight is 537 g/mol. The lowest BCUT2D eigenvalue weighted by atomic mass is 9.99. The Morgan fingerprint density at radius 2 is 1.89 bits per heavy atom. The third kappa shape index (κ3) is 5.81. The number of pyridine rings is 2. The van der Waals surface area contributed by atoms with Crippen molar-refractivity contribution in [1.29, 1.82) is 0 Å². The maximum absolute atomic E-state index is 13.7. The number of benzene rings is 2. The zero-order valence-corrected chi connectivity index (χ0v) is 21.1. The molecule has 0 bridgehead atoms. The van der Waals surface area contributed by atoms with Crippen LogP contribution in [0.15, 0.2) is 79.3 Å². The van der Waals surface area contributed by atoms with Gasteiger partial charge in [0, 0.05) is 60.8 Å². The molecule has 0 atom stereocenters. The highest BCUT2D eigenvalue weighted by molar-refractivity contribution is 6.30. The van der Waals surface area contributed by atoms with Crippen molar-refractivity contribution in [2.75, 3.05) is 23.3 Å². The van der Waals surface area contributed by atoms with Gasteiger partial charge in [0.25, 0.3) is 0 Å². The molecule has 1 aliphatic rings. The number of carbonyl (C=O) groups excluding carboxylic acids is 1. The number of rotatable bonds is 7. The molecule has 2 aromatic carbocycles. The standard InChI is InChI=1S/C29H24ClF3N4O/c30-24-7-8-25(29(31,32)33)23(14-24)18-37-12-11-35-28-26(37)15-22(17-36-28)20-4-1-5-21(13-20)27(38)9-6-19-3-2-10-34-16-19/h1-5,7-8,10,13-17H,6,9,11-12,18H2,(H,35,36). The van der Waals surface area contributed by atoms with Gasteiger partial charge in [0.15, 0.2) is 5.78 Å². The summed E-state index contributed by atoms with van der Waals surface area (Å²) in [6, 6.07) is 16.6. The molecule has 0 spiro atoms. The predicted molar refractivity (Wildman–Crippen MR) is 143 cm³/mol. The highest BCUT2D eigenvalue weighted by Crippen LogP contribution is 2.37. The molecule has 9 heteroatoms. The molecule has 2 aromatic heterocycles. The van der Waals surface area contributed by atoms with Crippen molar-refractivity contribution in [2.24, 2.45) is 0 Å². The van der Waals surface area contributed by atoms with E-state index >= 15 is 0 Å². The minimum absolute atomic E-state index is 0.0190. The molecule has 5 rings (SSSR count). The van der Waals surface area contributed by atoms with Crippen molar-refractivity contribution >= 4 is 28.9 Å². The van der Waals surface area contributed by atoms with Gasteiger partial charge in [0.1, 0.15) is 5.82 Å². The van der Waals surface area contributed by atoms with E-state index in [0.717, 1.165) is 22.8 Å². The molecule has 0 aliphatic carbocycles. The van der Waals surface area contributed by atoms with Gasteiger partial charge in [0.05, 0.1) is 11.3 Å². The summed E-state index contributed by atoms with van der Waals surface area (Å²) < 4.78 is 41.0. The third-order valence-corrected chi connectivity index (χ3v) is 6.73. The van der Waals surface area contributed by atoms with E-state index in [1.807, 2.05) is 41.3 Å². The Morgan fingerprint density at radius 1 is 1.03 bits per heavy atom. The van der Waals surface area contributed by atoms with Crippen LogP contribution in [0.2, 0.25) is 5.02 Å². The van der Waals surface area contributed by atoms with Crippen LogP contribution in [0.4, 0.5) is 24.7 Å². The number of aryl methyl sites for hydroxylation is 1. The van der Waals surface area contributed by atoms with Gasteiger partial charge in [-0.2, -0.15) is 13.2 Å². The normalized spacial score (nSPS) is 13.1. The molecule has 1 N–H and O–H groups in total. The number of fused-ring (bicyclic) bond motifs is 1. The van der Waals surface area contributed by atoms with Crippen LogP contribution in [0, 0.1) is 0 Å². The predicted octanol–water partition coefficient (Wildman–Crippen LogP) is 7.06. The number of alkyl halides is 3. The van der Waals surface area contributed by atoms with Gasteiger partial charge >= 0.3 is 6.18 Å². The second-order valence-corrected chi connectivity index (χ2v) is 9.54. The van der Waals surface area contributed by atoms with Crippen LogP contribution in [0.3, 0.4) is 0 Å². The highest BCUT2D eigenvalue weighted by atomic mass is 35.5. The first-order valence-electron chi connectivity index (χ1n) is 12.1. The fourth-order valence-electron chi connectivity index (χ4n) is 4.58. The lowest BCUT2D eigenvalue weighted by Crippen LogP contribution is -2.34. The number of carbonyl (C=O) groups is 1. The van der Waals surface area contributed by atoms with Crippen LogP contribution < -0.4 is 10.2 Å². The van der Waals surface area contributed by atoms with E-state index in [1.54, 1.807) is 24.7 Å². The van der Waals surface area contributed by atoms with E-state index in [0.29, 0.717) is 43.0 Å². The van der Waals surface area contributed by atoms with Crippen LogP contribution in [0.25, 0.3) is 11.1 Å². The molecule has 0 unspecified atom stereocenters. The number of nitrogens with zero attached hydrogens (tertiary/aromatic N) is 3. The molecule has 5 nitrogen and oxygen atoms in total. The Hall–Kier alpha value is -3.91. The van der Waals surface area contributed by atoms with Crippen molar-refractivity contribution in [3.05, 3.63) is 107 Å². The second-order valence-electron chi connectivity index (χ2n) is 9.10. The molecule has 4 aromatic rings. The SMILES string of the molecule is O=C(CCc1cccnc1)c1cccc(-c2cnc3c(c2)N(Cc2cc(Cl)ccc2C(F)(F)F)CCN3)c1. The third-order valence-electron chi connectivity index (χ3n) is 6.50. The Balaban J connectivity index is 1.40. The summed E-state index contributed by atoms with van der Waals surface area (Å²) >= 11 is 6.05. The molecule has 0 fully saturated rings. The monoisotopic (exact) mass is 536 g/mol. The van der Waals surface area contributed by atoms with Gasteiger partial charge in [-0.15, -0.1) is 0 Å². The van der Waals surface area contributed by atoms with Crippen LogP contribution >= 0.6 is 11.6 Å². The molecule has 1 aliphatic heterocycles. The smallest absolute Gasteiger partial charge is 0.367 e. The van der Waals surface area contributed by atoms with Crippen LogP contribution in [0.5, 0.6) is 0 Å². The minimum Gasteiger partial charge on any atom is -0.367 e. The van der Waals surface area contributed by atoms with Crippen LogP contribution in [0.1, 0.15) is 33.5 Å². The van der Waals surface area contributed by atoms with E-state index < -0.39 is 11.7 Å². The Morgan fingerprint density at radius 3 is 2.68 bits per heavy atom. The van der Waals surface area contributed by atoms with E-state index in [-0.39, 0.29) is 22.9 Å². The quantitative estimate of drug-likeness (QED) is 0.256. The Labute approximate surface area is 223 Å². The van der Waals surface area contributed by atoms with Crippen molar-refractivity contribution < 1.29 is 18.0 Å². The zero-order valence-electron chi connectivity index (χ0n) is 20.3. The van der Waals surface area contributed by atoms with Gasteiger partial charge in [-0.1, -0.05) is 35.9 Å². The first kappa shape index (κ1) is 25.7. The number of halogens is 4. The molecule has 3 heterocycles. The molecule has 0 amide bonds. The number of hydrogen-bond acceptors (Lipinski definition) is 5. The van der Waals surface area contributed by atoms with Gasteiger partial charge in [0.2, 0.25) is 0 Å². The molecule has 194 valence electrons. The lowest BCUT2D eigenvalue weighted by Gasteiger charge is -2.32. The van der Waals surface area contributed by atoms with Crippen molar-refractivity contribution in [1.82, 2.24) is 9.97 Å². The summed E-state index contributed by atoms with van der Waals surface area (Å²) in [5.74, 6) is 0.616. The van der Waals surface area contributed by atoms with Crippen LogP contribution in [-0.2, 0) is 19.1 Å². The number of ketones is 1. The van der Waals surface area contributed by atoms with E-state index in [1.165, 1.54) is 12.1 Å². The first-order valence-corrected chi connectivity index (χ1v) is 12.5. The average Bonchev–Trinajstić information content (AvgIpc) is 2.92. The van der Waals surface area contributed by atoms with E-state index in [2.05, 4.69) is 15.3 Å². The van der Waals surface area contributed by atoms with Gasteiger partial charge in [-0.3, -0.25) is 9.78 Å². The summed E-state index contributed by atoms with van der Waals surface area (Å²) in [6.45, 7) is 1.07. The zero-order chi connectivity index (χ0) is 26.7. The van der Waals surface area contributed by atoms with E-state index in [9.17, 15) is 18.0 Å². The summed E-state index contributed by atoms with van der Waals surface area (Å²) in [4.78, 5) is 23.4. The summed E-state index contributed by atoms with van der Waals surface area (Å²) in [6.07, 6.45) is 1.62. The van der Waals surface area contributed by atoms with Gasteiger partial charge in [-0.25, -0.2) is 4.98 Å². The maximum atomic E-state index is 13.7. The Kier molecular flexibility index (Phi) is 7.33. The molecule has 0 radical (unpaired) electrons. The number of hydrogen-bond donors (Lipinski definition) is 1. The number of Topliss-reactive ketones (excluding diaryl/α,β-unsaturated/α-hetero) is 1. The summed E-state index contributed by atoms with van der Waals surface area (Å²) in [7, 11) is 0. The fourth-order valence-corrected chi connectivity index (χ4v) is 4.77. The molecule has 38 heavy (non-hydrogen) atoms. The highest BCUT2D eigenvalue weighted by Gasteiger charge is 2.34. The van der Waals surface area contributed by atoms with Crippen molar-refractivity contribution in [3.63, 3.8) is 0 Å². The van der Waals surface area contributed by atoms with Crippen LogP contribution in [-0.4, -0.2) is 28.8 Å². The molecule has 0 saturated heterocycles. The largest absolute Gasteiger partial charge is 0.416 e. The molecular formula is C29H24ClF3N4O. The number of aromatic nitrogens is 2. The maximum Gasteiger partial charge on any atom is 0.416 e. The molecular weight excluding hydrogens is 513 g/mol. The fraction of sp³-hybridized carbons (Fsp3) is 0.207. The number of anilines is 2. The summed E-state index contributed by atoms with van der Waals surface area (Å²) in [5, 5.41) is 3.47. The minimum atomic E-state index is -4.49. The van der Waals surface area contributed by atoms with Gasteiger partial charge in [-0.05, 0) is 59.5 Å². The van der Waals surface area contributed by atoms with Crippen molar-refractivity contribution in [2.45, 2.75) is 25.6 Å². The Bertz CT molecular complexity index is 1460. The molecule has 0 saturated carbocycles. The lowest BCUT2D eigenvalue weighted by molar-refractivity contribution is -0.138.